The van der Waals surface area contributed by atoms with Crippen molar-refractivity contribution in [3.8, 4) is 0 Å². The number of anilines is 1. The van der Waals surface area contributed by atoms with Gasteiger partial charge in [-0.1, -0.05) is 51.8 Å². The first kappa shape index (κ1) is 16.0. The van der Waals surface area contributed by atoms with Crippen molar-refractivity contribution in [3.05, 3.63) is 63.1 Å². The highest BCUT2D eigenvalue weighted by molar-refractivity contribution is 9.10. The Morgan fingerprint density at radius 2 is 2.00 bits per heavy atom. The van der Waals surface area contributed by atoms with Gasteiger partial charge in [0.05, 0.1) is 6.54 Å². The molecular formula is C16H16BrClN2O. The van der Waals surface area contributed by atoms with Crippen molar-refractivity contribution in [2.45, 2.75) is 13.5 Å². The number of amides is 1. The van der Waals surface area contributed by atoms with Crippen molar-refractivity contribution in [3.63, 3.8) is 0 Å². The minimum absolute atomic E-state index is 0.0854. The maximum Gasteiger partial charge on any atom is 0.238 e. The molecule has 110 valence electrons. The highest BCUT2D eigenvalue weighted by Gasteiger charge is 2.04. The number of hydrogen-bond acceptors (Lipinski definition) is 2. The average molecular weight is 368 g/mol. The topological polar surface area (TPSA) is 41.1 Å². The second-order valence-electron chi connectivity index (χ2n) is 4.71. The van der Waals surface area contributed by atoms with Gasteiger partial charge in [-0.3, -0.25) is 4.79 Å². The van der Waals surface area contributed by atoms with E-state index in [1.54, 1.807) is 0 Å². The highest BCUT2D eigenvalue weighted by Crippen LogP contribution is 2.20. The lowest BCUT2D eigenvalue weighted by atomic mass is 10.2. The van der Waals surface area contributed by atoms with E-state index in [2.05, 4.69) is 26.6 Å². The molecule has 2 aromatic rings. The van der Waals surface area contributed by atoms with Gasteiger partial charge in [0.1, 0.15) is 0 Å². The summed E-state index contributed by atoms with van der Waals surface area (Å²) in [5, 5.41) is 6.63. The fraction of sp³-hybridized carbons (Fsp3) is 0.188. The smallest absolute Gasteiger partial charge is 0.238 e. The van der Waals surface area contributed by atoms with Crippen LogP contribution in [-0.4, -0.2) is 12.5 Å². The Morgan fingerprint density at radius 3 is 2.71 bits per heavy atom. The van der Waals surface area contributed by atoms with Crippen LogP contribution in [-0.2, 0) is 11.3 Å². The van der Waals surface area contributed by atoms with Crippen LogP contribution in [0.25, 0.3) is 0 Å². The fourth-order valence-corrected chi connectivity index (χ4v) is 2.41. The first-order valence-electron chi connectivity index (χ1n) is 6.56. The van der Waals surface area contributed by atoms with E-state index in [0.717, 1.165) is 21.3 Å². The van der Waals surface area contributed by atoms with Crippen LogP contribution >= 0.6 is 27.5 Å². The number of hydrogen-bond donors (Lipinski definition) is 2. The van der Waals surface area contributed by atoms with Gasteiger partial charge in [-0.2, -0.15) is 0 Å². The van der Waals surface area contributed by atoms with E-state index in [1.807, 2.05) is 49.4 Å². The summed E-state index contributed by atoms with van der Waals surface area (Å²) in [7, 11) is 0. The SMILES string of the molecule is Cc1ccc(NC(=O)CNCc2ccccc2Cl)cc1Br. The van der Waals surface area contributed by atoms with E-state index in [-0.39, 0.29) is 12.5 Å². The Bertz CT molecular complexity index is 646. The maximum atomic E-state index is 11.9. The van der Waals surface area contributed by atoms with Crippen molar-refractivity contribution in [2.75, 3.05) is 11.9 Å². The Kier molecular flexibility index (Phi) is 5.79. The molecule has 0 spiro atoms. The molecule has 0 aliphatic rings. The van der Waals surface area contributed by atoms with Crippen LogP contribution in [0.15, 0.2) is 46.9 Å². The van der Waals surface area contributed by atoms with Gasteiger partial charge in [0.2, 0.25) is 5.91 Å². The third-order valence-corrected chi connectivity index (χ3v) is 4.24. The number of carbonyl (C=O) groups excluding carboxylic acids is 1. The van der Waals surface area contributed by atoms with E-state index in [0.29, 0.717) is 11.6 Å². The van der Waals surface area contributed by atoms with Gasteiger partial charge in [0.25, 0.3) is 0 Å². The Hall–Kier alpha value is -1.36. The van der Waals surface area contributed by atoms with Crippen LogP contribution in [0.1, 0.15) is 11.1 Å². The van der Waals surface area contributed by atoms with Crippen LogP contribution in [0.5, 0.6) is 0 Å². The summed E-state index contributed by atoms with van der Waals surface area (Å²) >= 11 is 9.50. The average Bonchev–Trinajstić information content (AvgIpc) is 2.45. The molecular weight excluding hydrogens is 352 g/mol. The van der Waals surface area contributed by atoms with Crippen molar-refractivity contribution in [1.29, 1.82) is 0 Å². The van der Waals surface area contributed by atoms with E-state index >= 15 is 0 Å². The maximum absolute atomic E-state index is 11.9. The zero-order valence-corrected chi connectivity index (χ0v) is 14.0. The molecule has 0 aliphatic heterocycles. The van der Waals surface area contributed by atoms with Gasteiger partial charge in [-0.25, -0.2) is 0 Å². The molecule has 0 atom stereocenters. The molecule has 0 aromatic heterocycles. The monoisotopic (exact) mass is 366 g/mol. The van der Waals surface area contributed by atoms with Gasteiger partial charge in [-0.05, 0) is 36.2 Å². The molecule has 21 heavy (non-hydrogen) atoms. The molecule has 0 saturated carbocycles. The molecule has 0 radical (unpaired) electrons. The molecule has 0 heterocycles. The molecule has 0 fully saturated rings. The molecule has 0 aliphatic carbocycles. The summed E-state index contributed by atoms with van der Waals surface area (Å²) < 4.78 is 0.976. The highest BCUT2D eigenvalue weighted by atomic mass is 79.9. The molecule has 0 bridgehead atoms. The second kappa shape index (κ2) is 7.59. The zero-order valence-electron chi connectivity index (χ0n) is 11.6. The molecule has 5 heteroatoms. The van der Waals surface area contributed by atoms with Gasteiger partial charge >= 0.3 is 0 Å². The van der Waals surface area contributed by atoms with Gasteiger partial charge in [0.15, 0.2) is 0 Å². The number of benzene rings is 2. The molecule has 2 aromatic carbocycles. The first-order valence-corrected chi connectivity index (χ1v) is 7.73. The predicted molar refractivity (Wildman–Crippen MR) is 90.7 cm³/mol. The Labute approximate surface area is 137 Å². The fourth-order valence-electron chi connectivity index (χ4n) is 1.83. The van der Waals surface area contributed by atoms with Crippen molar-refractivity contribution >= 4 is 39.1 Å². The van der Waals surface area contributed by atoms with Crippen molar-refractivity contribution in [2.24, 2.45) is 0 Å². The molecule has 2 rings (SSSR count). The van der Waals surface area contributed by atoms with Crippen molar-refractivity contribution < 1.29 is 4.79 Å². The number of aryl methyl sites for hydroxylation is 1. The van der Waals surface area contributed by atoms with Crippen LogP contribution in [0.3, 0.4) is 0 Å². The number of carbonyl (C=O) groups is 1. The van der Waals surface area contributed by atoms with Crippen molar-refractivity contribution in [1.82, 2.24) is 5.32 Å². The summed E-state index contributed by atoms with van der Waals surface area (Å²) in [4.78, 5) is 11.9. The summed E-state index contributed by atoms with van der Waals surface area (Å²) in [6.45, 7) is 2.79. The number of rotatable bonds is 5. The Balaban J connectivity index is 1.82. The third kappa shape index (κ3) is 4.84. The summed E-state index contributed by atoms with van der Waals surface area (Å²) in [6.07, 6.45) is 0. The van der Waals surface area contributed by atoms with Crippen LogP contribution in [0.4, 0.5) is 5.69 Å². The van der Waals surface area contributed by atoms with E-state index in [9.17, 15) is 4.79 Å². The molecule has 0 unspecified atom stereocenters. The molecule has 3 nitrogen and oxygen atoms in total. The van der Waals surface area contributed by atoms with Gasteiger partial charge in [-0.15, -0.1) is 0 Å². The summed E-state index contributed by atoms with van der Waals surface area (Å²) in [5.41, 5.74) is 2.88. The predicted octanol–water partition coefficient (Wildman–Crippen LogP) is 4.14. The third-order valence-electron chi connectivity index (χ3n) is 3.01. The Morgan fingerprint density at radius 1 is 1.24 bits per heavy atom. The lowest BCUT2D eigenvalue weighted by molar-refractivity contribution is -0.115. The van der Waals surface area contributed by atoms with Crippen LogP contribution in [0, 0.1) is 6.92 Å². The quantitative estimate of drug-likeness (QED) is 0.834. The zero-order chi connectivity index (χ0) is 15.2. The lowest BCUT2D eigenvalue weighted by Crippen LogP contribution is -2.27. The van der Waals surface area contributed by atoms with Gasteiger partial charge in [0, 0.05) is 21.7 Å². The largest absolute Gasteiger partial charge is 0.325 e. The normalized spacial score (nSPS) is 10.4. The second-order valence-corrected chi connectivity index (χ2v) is 5.97. The standard InChI is InChI=1S/C16H16BrClN2O/c1-11-6-7-13(8-14(11)17)20-16(21)10-19-9-12-4-2-3-5-15(12)18/h2-8,19H,9-10H2,1H3,(H,20,21). The number of halogens is 2. The molecule has 2 N–H and O–H groups in total. The summed E-state index contributed by atoms with van der Waals surface area (Å²) in [6, 6.07) is 13.3. The van der Waals surface area contributed by atoms with Crippen LogP contribution < -0.4 is 10.6 Å². The molecule has 0 saturated heterocycles. The molecule has 1 amide bonds. The van der Waals surface area contributed by atoms with Crippen LogP contribution in [0.2, 0.25) is 5.02 Å². The minimum atomic E-state index is -0.0854. The minimum Gasteiger partial charge on any atom is -0.325 e. The van der Waals surface area contributed by atoms with E-state index in [4.69, 9.17) is 11.6 Å². The van der Waals surface area contributed by atoms with E-state index < -0.39 is 0 Å². The first-order chi connectivity index (χ1) is 10.1. The van der Waals surface area contributed by atoms with E-state index in [1.165, 1.54) is 0 Å². The lowest BCUT2D eigenvalue weighted by Gasteiger charge is -2.09. The number of nitrogens with one attached hydrogen (secondary N) is 2. The summed E-state index contributed by atoms with van der Waals surface area (Å²) in [5.74, 6) is -0.0854. The van der Waals surface area contributed by atoms with Gasteiger partial charge < -0.3 is 10.6 Å².